The third-order valence-corrected chi connectivity index (χ3v) is 5.01. The van der Waals surface area contributed by atoms with Crippen molar-refractivity contribution in [3.8, 4) is 0 Å². The number of hydrogen-bond donors (Lipinski definition) is 1. The molecule has 3 aromatic rings. The molecule has 0 unspecified atom stereocenters. The number of carbonyl (C=O) groups is 2. The molecule has 1 aromatic heterocycles. The number of ether oxygens (including phenoxy) is 1. The molecule has 2 aromatic carbocycles. The number of nitrogens with one attached hydrogen (secondary N) is 1. The molecule has 0 bridgehead atoms. The fourth-order valence-electron chi connectivity index (χ4n) is 3.34. The summed E-state index contributed by atoms with van der Waals surface area (Å²) in [6.07, 6.45) is 0. The summed E-state index contributed by atoms with van der Waals surface area (Å²) in [7, 11) is 1.29. The highest BCUT2D eigenvalue weighted by molar-refractivity contribution is 6.06. The maximum Gasteiger partial charge on any atom is 0.337 e. The average molecular weight is 422 g/mol. The van der Waals surface area contributed by atoms with Crippen molar-refractivity contribution in [1.82, 2.24) is 9.78 Å². The van der Waals surface area contributed by atoms with Crippen LogP contribution in [0.5, 0.6) is 0 Å². The van der Waals surface area contributed by atoms with E-state index in [1.165, 1.54) is 11.8 Å². The highest BCUT2D eigenvalue weighted by Crippen LogP contribution is 2.24. The summed E-state index contributed by atoms with van der Waals surface area (Å²) >= 11 is 0. The van der Waals surface area contributed by atoms with Crippen LogP contribution in [-0.2, 0) is 11.3 Å². The molecule has 0 spiro atoms. The van der Waals surface area contributed by atoms with Crippen LogP contribution >= 0.6 is 0 Å². The lowest BCUT2D eigenvalue weighted by molar-refractivity contribution is -0.386. The van der Waals surface area contributed by atoms with E-state index in [0.29, 0.717) is 33.8 Å². The first-order valence-corrected chi connectivity index (χ1v) is 9.49. The van der Waals surface area contributed by atoms with Gasteiger partial charge in [0.2, 0.25) is 0 Å². The summed E-state index contributed by atoms with van der Waals surface area (Å²) in [4.78, 5) is 35.7. The Balaban J connectivity index is 1.91. The van der Waals surface area contributed by atoms with E-state index < -0.39 is 10.9 Å². The Morgan fingerprint density at radius 3 is 2.52 bits per heavy atom. The van der Waals surface area contributed by atoms with Crippen LogP contribution in [0.25, 0.3) is 0 Å². The molecule has 0 saturated carbocycles. The van der Waals surface area contributed by atoms with Crippen LogP contribution in [0.4, 0.5) is 11.4 Å². The molecule has 0 saturated heterocycles. The van der Waals surface area contributed by atoms with Crippen LogP contribution in [-0.4, -0.2) is 33.7 Å². The van der Waals surface area contributed by atoms with Gasteiger partial charge in [-0.3, -0.25) is 19.6 Å². The smallest absolute Gasteiger partial charge is 0.337 e. The molecule has 0 atom stereocenters. The van der Waals surface area contributed by atoms with E-state index in [2.05, 4.69) is 10.4 Å². The summed E-state index contributed by atoms with van der Waals surface area (Å²) in [5, 5.41) is 18.4. The van der Waals surface area contributed by atoms with Crippen molar-refractivity contribution in [2.24, 2.45) is 0 Å². The van der Waals surface area contributed by atoms with Gasteiger partial charge in [-0.05, 0) is 50.1 Å². The van der Waals surface area contributed by atoms with E-state index in [0.717, 1.165) is 5.56 Å². The molecule has 0 fully saturated rings. The number of nitro groups is 1. The molecule has 1 N–H and O–H groups in total. The van der Waals surface area contributed by atoms with Crippen molar-refractivity contribution in [3.05, 3.63) is 86.2 Å². The van der Waals surface area contributed by atoms with Gasteiger partial charge in [0.05, 0.1) is 24.1 Å². The quantitative estimate of drug-likeness (QED) is 0.367. The Labute approximate surface area is 178 Å². The minimum Gasteiger partial charge on any atom is -0.465 e. The van der Waals surface area contributed by atoms with Gasteiger partial charge in [0.1, 0.15) is 11.4 Å². The minimum absolute atomic E-state index is 0.0304. The van der Waals surface area contributed by atoms with E-state index in [1.807, 2.05) is 6.92 Å². The number of carbonyl (C=O) groups excluding carboxylic acids is 2. The zero-order chi connectivity index (χ0) is 22.7. The van der Waals surface area contributed by atoms with Crippen LogP contribution in [0, 0.1) is 30.9 Å². The summed E-state index contributed by atoms with van der Waals surface area (Å²) in [5.41, 5.74) is 3.36. The summed E-state index contributed by atoms with van der Waals surface area (Å²) in [6, 6.07) is 11.9. The zero-order valence-corrected chi connectivity index (χ0v) is 17.6. The molecular formula is C22H22N4O5. The largest absolute Gasteiger partial charge is 0.465 e. The first kappa shape index (κ1) is 21.7. The molecule has 0 aliphatic heterocycles. The molecule has 0 aliphatic rings. The average Bonchev–Trinajstić information content (AvgIpc) is 3.02. The number of nitrogens with zero attached hydrogens (tertiary/aromatic N) is 3. The van der Waals surface area contributed by atoms with Gasteiger partial charge in [0.25, 0.3) is 5.91 Å². The first-order chi connectivity index (χ1) is 14.7. The van der Waals surface area contributed by atoms with Crippen molar-refractivity contribution in [3.63, 3.8) is 0 Å². The molecule has 31 heavy (non-hydrogen) atoms. The van der Waals surface area contributed by atoms with Crippen molar-refractivity contribution >= 4 is 23.3 Å². The predicted molar refractivity (Wildman–Crippen MR) is 114 cm³/mol. The van der Waals surface area contributed by atoms with Crippen molar-refractivity contribution in [2.45, 2.75) is 27.3 Å². The Morgan fingerprint density at radius 1 is 1.16 bits per heavy atom. The highest BCUT2D eigenvalue weighted by atomic mass is 16.6. The number of aryl methyl sites for hydroxylation is 2. The van der Waals surface area contributed by atoms with Gasteiger partial charge in [0, 0.05) is 11.3 Å². The van der Waals surface area contributed by atoms with Crippen molar-refractivity contribution in [2.75, 3.05) is 12.4 Å². The van der Waals surface area contributed by atoms with E-state index in [-0.39, 0.29) is 18.1 Å². The van der Waals surface area contributed by atoms with Gasteiger partial charge < -0.3 is 10.1 Å². The zero-order valence-electron chi connectivity index (χ0n) is 17.6. The van der Waals surface area contributed by atoms with Crippen molar-refractivity contribution < 1.29 is 19.2 Å². The van der Waals surface area contributed by atoms with Crippen molar-refractivity contribution in [1.29, 1.82) is 0 Å². The third-order valence-electron chi connectivity index (χ3n) is 5.01. The Morgan fingerprint density at radius 2 is 1.87 bits per heavy atom. The van der Waals surface area contributed by atoms with E-state index in [9.17, 15) is 19.7 Å². The lowest BCUT2D eigenvalue weighted by Gasteiger charge is -2.13. The van der Waals surface area contributed by atoms with Crippen LogP contribution in [0.1, 0.15) is 43.2 Å². The predicted octanol–water partition coefficient (Wildman–Crippen LogP) is 3.80. The molecule has 0 aliphatic carbocycles. The van der Waals surface area contributed by atoms with Gasteiger partial charge in [-0.15, -0.1) is 0 Å². The first-order valence-electron chi connectivity index (χ1n) is 9.49. The second kappa shape index (κ2) is 8.78. The monoisotopic (exact) mass is 422 g/mol. The Hall–Kier alpha value is -4.01. The number of methoxy groups -OCH3 is 1. The van der Waals surface area contributed by atoms with Crippen LogP contribution in [0.2, 0.25) is 0 Å². The molecule has 1 amide bonds. The number of anilines is 1. The fraction of sp³-hybridized carbons (Fsp3) is 0.227. The molecule has 9 nitrogen and oxygen atoms in total. The normalized spacial score (nSPS) is 10.6. The molecule has 1 heterocycles. The molecule has 160 valence electrons. The van der Waals surface area contributed by atoms with Crippen LogP contribution in [0.15, 0.2) is 42.5 Å². The van der Waals surface area contributed by atoms with E-state index in [1.54, 1.807) is 56.3 Å². The summed E-state index contributed by atoms with van der Waals surface area (Å²) < 4.78 is 6.25. The number of aromatic nitrogens is 2. The summed E-state index contributed by atoms with van der Waals surface area (Å²) in [5.74, 6) is -0.862. The number of amides is 1. The van der Waals surface area contributed by atoms with Crippen LogP contribution < -0.4 is 5.32 Å². The lowest BCUT2D eigenvalue weighted by Crippen LogP contribution is -2.17. The number of rotatable bonds is 6. The lowest BCUT2D eigenvalue weighted by atomic mass is 10.1. The maximum atomic E-state index is 13.0. The number of benzene rings is 2. The fourth-order valence-corrected chi connectivity index (χ4v) is 3.34. The number of hydrogen-bond acceptors (Lipinski definition) is 6. The second-order valence-corrected chi connectivity index (χ2v) is 7.07. The van der Waals surface area contributed by atoms with Crippen LogP contribution in [0.3, 0.4) is 0 Å². The van der Waals surface area contributed by atoms with Gasteiger partial charge >= 0.3 is 11.7 Å². The minimum atomic E-state index is -0.498. The van der Waals surface area contributed by atoms with Gasteiger partial charge in [-0.2, -0.15) is 5.10 Å². The molecule has 3 rings (SSSR count). The van der Waals surface area contributed by atoms with Gasteiger partial charge in [-0.25, -0.2) is 4.79 Å². The number of esters is 1. The van der Waals surface area contributed by atoms with Gasteiger partial charge in [-0.1, -0.05) is 24.3 Å². The van der Waals surface area contributed by atoms with E-state index >= 15 is 0 Å². The third kappa shape index (κ3) is 4.45. The Kier molecular flexibility index (Phi) is 6.15. The molecular weight excluding hydrogens is 400 g/mol. The van der Waals surface area contributed by atoms with E-state index in [4.69, 9.17) is 4.74 Å². The highest BCUT2D eigenvalue weighted by Gasteiger charge is 2.23. The summed E-state index contributed by atoms with van der Waals surface area (Å²) in [6.45, 7) is 5.22. The molecule has 9 heteroatoms. The SMILES string of the molecule is COC(=O)c1ccc(C)c(NC(=O)c2ccccc2Cn2nc(C)c([N+](=O)[O-])c2C)c1. The Bertz CT molecular complexity index is 1180. The maximum absolute atomic E-state index is 13.0. The topological polar surface area (TPSA) is 116 Å². The molecule has 0 radical (unpaired) electrons. The van der Waals surface area contributed by atoms with Gasteiger partial charge in [0.15, 0.2) is 0 Å². The second-order valence-electron chi connectivity index (χ2n) is 7.07. The standard InChI is InChI=1S/C22H22N4O5/c1-13-9-10-16(22(28)31-4)11-19(13)23-21(27)18-8-6-5-7-17(18)12-25-15(3)20(26(29)30)14(2)24-25/h5-11H,12H2,1-4H3,(H,23,27).